The van der Waals surface area contributed by atoms with Gasteiger partial charge in [-0.3, -0.25) is 4.98 Å². The molecule has 0 unspecified atom stereocenters. The number of benzene rings is 1. The fraction of sp³-hybridized carbons (Fsp3) is 0.0625. The Balaban J connectivity index is 2.15. The van der Waals surface area contributed by atoms with Crippen LogP contribution in [0.2, 0.25) is 0 Å². The van der Waals surface area contributed by atoms with Gasteiger partial charge in [-0.2, -0.15) is 0 Å². The Kier molecular flexibility index (Phi) is 3.98. The van der Waals surface area contributed by atoms with E-state index in [1.807, 2.05) is 37.3 Å². The molecule has 0 aliphatic heterocycles. The zero-order chi connectivity index (χ0) is 13.7. The SMILES string of the molecule is CC(/C=C/c1ccncc1)=C\c1ccc(O)c(O)c1. The number of nitrogens with zero attached hydrogens (tertiary/aromatic N) is 1. The van der Waals surface area contributed by atoms with E-state index in [4.69, 9.17) is 0 Å². The van der Waals surface area contributed by atoms with Crippen molar-refractivity contribution >= 4 is 12.2 Å². The van der Waals surface area contributed by atoms with Crippen molar-refractivity contribution in [2.24, 2.45) is 0 Å². The van der Waals surface area contributed by atoms with Crippen molar-refractivity contribution in [2.75, 3.05) is 0 Å². The molecule has 2 rings (SSSR count). The van der Waals surface area contributed by atoms with Gasteiger partial charge < -0.3 is 10.2 Å². The topological polar surface area (TPSA) is 53.4 Å². The smallest absolute Gasteiger partial charge is 0.157 e. The number of rotatable bonds is 3. The van der Waals surface area contributed by atoms with Crippen LogP contribution in [0.4, 0.5) is 0 Å². The summed E-state index contributed by atoms with van der Waals surface area (Å²) in [6.45, 7) is 1.97. The average molecular weight is 253 g/mol. The van der Waals surface area contributed by atoms with Gasteiger partial charge >= 0.3 is 0 Å². The van der Waals surface area contributed by atoms with Gasteiger partial charge in [-0.25, -0.2) is 0 Å². The normalized spacial score (nSPS) is 11.9. The van der Waals surface area contributed by atoms with E-state index in [0.29, 0.717) is 0 Å². The van der Waals surface area contributed by atoms with Crippen molar-refractivity contribution in [2.45, 2.75) is 6.92 Å². The third-order valence-corrected chi connectivity index (χ3v) is 2.64. The molecule has 96 valence electrons. The van der Waals surface area contributed by atoms with E-state index in [9.17, 15) is 10.2 Å². The van der Waals surface area contributed by atoms with Crippen molar-refractivity contribution in [3.63, 3.8) is 0 Å². The van der Waals surface area contributed by atoms with Crippen LogP contribution in [0.3, 0.4) is 0 Å². The number of allylic oxidation sites excluding steroid dienone is 2. The lowest BCUT2D eigenvalue weighted by atomic mass is 10.1. The molecule has 1 aromatic carbocycles. The highest BCUT2D eigenvalue weighted by atomic mass is 16.3. The van der Waals surface area contributed by atoms with E-state index >= 15 is 0 Å². The number of aromatic nitrogens is 1. The second-order valence-corrected chi connectivity index (χ2v) is 4.25. The van der Waals surface area contributed by atoms with Crippen molar-refractivity contribution in [3.8, 4) is 11.5 Å². The summed E-state index contributed by atoms with van der Waals surface area (Å²) in [4.78, 5) is 3.96. The predicted molar refractivity (Wildman–Crippen MR) is 76.7 cm³/mol. The summed E-state index contributed by atoms with van der Waals surface area (Å²) in [5.41, 5.74) is 2.96. The van der Waals surface area contributed by atoms with E-state index < -0.39 is 0 Å². The number of phenolic OH excluding ortho intramolecular Hbond substituents is 2. The molecule has 19 heavy (non-hydrogen) atoms. The third-order valence-electron chi connectivity index (χ3n) is 2.64. The molecule has 0 saturated carbocycles. The molecule has 1 aromatic heterocycles. The van der Waals surface area contributed by atoms with E-state index in [1.54, 1.807) is 18.5 Å². The average Bonchev–Trinajstić information content (AvgIpc) is 2.42. The zero-order valence-electron chi connectivity index (χ0n) is 10.6. The Hall–Kier alpha value is -2.55. The van der Waals surface area contributed by atoms with Crippen molar-refractivity contribution in [1.29, 1.82) is 0 Å². The maximum Gasteiger partial charge on any atom is 0.157 e. The molecular weight excluding hydrogens is 238 g/mol. The van der Waals surface area contributed by atoms with Crippen LogP contribution in [0.15, 0.2) is 54.4 Å². The van der Waals surface area contributed by atoms with Crippen molar-refractivity contribution in [3.05, 3.63) is 65.5 Å². The lowest BCUT2D eigenvalue weighted by Crippen LogP contribution is -1.76. The molecular formula is C16H15NO2. The minimum absolute atomic E-state index is 0.109. The Morgan fingerprint density at radius 2 is 1.74 bits per heavy atom. The van der Waals surface area contributed by atoms with E-state index in [0.717, 1.165) is 16.7 Å². The van der Waals surface area contributed by atoms with E-state index in [-0.39, 0.29) is 11.5 Å². The predicted octanol–water partition coefficient (Wildman–Crippen LogP) is 3.61. The first-order valence-electron chi connectivity index (χ1n) is 5.93. The molecule has 1 heterocycles. The fourth-order valence-corrected chi connectivity index (χ4v) is 1.64. The largest absolute Gasteiger partial charge is 0.504 e. The molecule has 3 nitrogen and oxygen atoms in total. The Bertz CT molecular complexity index is 616. The van der Waals surface area contributed by atoms with Gasteiger partial charge in [-0.1, -0.05) is 29.9 Å². The standard InChI is InChI=1S/C16H15NO2/c1-12(2-3-13-6-8-17-9-7-13)10-14-4-5-15(18)16(19)11-14/h2-11,18-19H,1H3/b3-2+,12-10+. The van der Waals surface area contributed by atoms with Gasteiger partial charge in [-0.05, 0) is 42.3 Å². The zero-order valence-corrected chi connectivity index (χ0v) is 10.6. The third kappa shape index (κ3) is 3.71. The van der Waals surface area contributed by atoms with Crippen LogP contribution in [0.25, 0.3) is 12.2 Å². The lowest BCUT2D eigenvalue weighted by molar-refractivity contribution is 0.403. The van der Waals surface area contributed by atoms with E-state index in [2.05, 4.69) is 4.98 Å². The summed E-state index contributed by atoms with van der Waals surface area (Å²) in [5.74, 6) is -0.221. The molecule has 2 N–H and O–H groups in total. The highest BCUT2D eigenvalue weighted by molar-refractivity contribution is 5.62. The maximum atomic E-state index is 9.42. The van der Waals surface area contributed by atoms with Crippen LogP contribution in [0.1, 0.15) is 18.1 Å². The molecule has 0 aliphatic rings. The van der Waals surface area contributed by atoms with Crippen LogP contribution in [-0.2, 0) is 0 Å². The lowest BCUT2D eigenvalue weighted by Gasteiger charge is -2.00. The van der Waals surface area contributed by atoms with Gasteiger partial charge in [0, 0.05) is 12.4 Å². The summed E-state index contributed by atoms with van der Waals surface area (Å²) in [6.07, 6.45) is 9.40. The molecule has 3 heteroatoms. The molecule has 0 amide bonds. The number of hydrogen-bond acceptors (Lipinski definition) is 3. The summed E-state index contributed by atoms with van der Waals surface area (Å²) in [7, 11) is 0. The summed E-state index contributed by atoms with van der Waals surface area (Å²) in [6, 6.07) is 8.60. The van der Waals surface area contributed by atoms with Gasteiger partial charge in [-0.15, -0.1) is 0 Å². The molecule has 0 saturated heterocycles. The molecule has 0 aliphatic carbocycles. The summed E-state index contributed by atoms with van der Waals surface area (Å²) in [5, 5.41) is 18.7. The fourth-order valence-electron chi connectivity index (χ4n) is 1.64. The highest BCUT2D eigenvalue weighted by Crippen LogP contribution is 2.26. The molecule has 0 radical (unpaired) electrons. The second-order valence-electron chi connectivity index (χ2n) is 4.25. The minimum Gasteiger partial charge on any atom is -0.504 e. The first kappa shape index (κ1) is 12.9. The molecule has 0 atom stereocenters. The number of phenols is 2. The highest BCUT2D eigenvalue weighted by Gasteiger charge is 1.98. The molecule has 0 spiro atoms. The van der Waals surface area contributed by atoms with Crippen LogP contribution in [-0.4, -0.2) is 15.2 Å². The van der Waals surface area contributed by atoms with Crippen LogP contribution in [0, 0.1) is 0 Å². The molecule has 0 bridgehead atoms. The number of hydrogen-bond donors (Lipinski definition) is 2. The Morgan fingerprint density at radius 1 is 1.00 bits per heavy atom. The maximum absolute atomic E-state index is 9.42. The summed E-state index contributed by atoms with van der Waals surface area (Å²) >= 11 is 0. The first-order valence-corrected chi connectivity index (χ1v) is 5.93. The van der Waals surface area contributed by atoms with Crippen LogP contribution < -0.4 is 0 Å². The van der Waals surface area contributed by atoms with Gasteiger partial charge in [0.25, 0.3) is 0 Å². The van der Waals surface area contributed by atoms with Crippen molar-refractivity contribution in [1.82, 2.24) is 4.98 Å². The van der Waals surface area contributed by atoms with Gasteiger partial charge in [0.15, 0.2) is 11.5 Å². The monoisotopic (exact) mass is 253 g/mol. The van der Waals surface area contributed by atoms with Gasteiger partial charge in [0.1, 0.15) is 0 Å². The number of aromatic hydroxyl groups is 2. The first-order chi connectivity index (χ1) is 9.15. The Labute approximate surface area is 112 Å². The molecule has 2 aromatic rings. The minimum atomic E-state index is -0.111. The summed E-state index contributed by atoms with van der Waals surface area (Å²) < 4.78 is 0. The van der Waals surface area contributed by atoms with Gasteiger partial charge in [0.2, 0.25) is 0 Å². The van der Waals surface area contributed by atoms with Crippen LogP contribution >= 0.6 is 0 Å². The van der Waals surface area contributed by atoms with Crippen molar-refractivity contribution < 1.29 is 10.2 Å². The second kappa shape index (κ2) is 5.87. The van der Waals surface area contributed by atoms with Crippen LogP contribution in [0.5, 0.6) is 11.5 Å². The molecule has 0 fully saturated rings. The number of pyridine rings is 1. The quantitative estimate of drug-likeness (QED) is 0.649. The van der Waals surface area contributed by atoms with Gasteiger partial charge in [0.05, 0.1) is 0 Å². The van der Waals surface area contributed by atoms with E-state index in [1.165, 1.54) is 12.1 Å². The Morgan fingerprint density at radius 3 is 2.42 bits per heavy atom.